The monoisotopic (exact) mass is 326 g/mol. The van der Waals surface area contributed by atoms with Crippen molar-refractivity contribution in [1.82, 2.24) is 19.6 Å². The van der Waals surface area contributed by atoms with E-state index in [-0.39, 0.29) is 24.4 Å². The number of imidazole rings is 1. The first-order valence-corrected chi connectivity index (χ1v) is 8.58. The Balaban J connectivity index is 1.61. The van der Waals surface area contributed by atoms with E-state index >= 15 is 0 Å². The largest absolute Gasteiger partial charge is 0.325 e. The predicted octanol–water partition coefficient (Wildman–Crippen LogP) is 2.64. The second kappa shape index (κ2) is 5.33. The molecule has 3 heterocycles. The molecule has 4 rings (SSSR count). The highest BCUT2D eigenvalue weighted by atomic mass is 16.2. The molecule has 1 saturated carbocycles. The lowest BCUT2D eigenvalue weighted by molar-refractivity contribution is -0.134. The third kappa shape index (κ3) is 2.20. The van der Waals surface area contributed by atoms with Crippen molar-refractivity contribution in [2.24, 2.45) is 5.92 Å². The lowest BCUT2D eigenvalue weighted by atomic mass is 9.73. The van der Waals surface area contributed by atoms with Crippen LogP contribution in [0.4, 0.5) is 4.79 Å². The van der Waals surface area contributed by atoms with Gasteiger partial charge in [0.25, 0.3) is 5.91 Å². The average Bonchev–Trinajstić information content (AvgIpc) is 3.04. The third-order valence-electron chi connectivity index (χ3n) is 5.47. The number of pyridine rings is 1. The maximum Gasteiger partial charge on any atom is 0.325 e. The summed E-state index contributed by atoms with van der Waals surface area (Å²) in [5, 5.41) is 2.98. The molecule has 2 atom stereocenters. The molecule has 1 saturated heterocycles. The summed E-state index contributed by atoms with van der Waals surface area (Å²) in [6.07, 6.45) is 7.70. The molecule has 2 aliphatic rings. The Morgan fingerprint density at radius 1 is 1.29 bits per heavy atom. The van der Waals surface area contributed by atoms with Crippen LogP contribution in [0.5, 0.6) is 0 Å². The number of fused-ring (bicyclic) bond motifs is 1. The first-order valence-electron chi connectivity index (χ1n) is 8.58. The van der Waals surface area contributed by atoms with Gasteiger partial charge in [0.2, 0.25) is 0 Å². The summed E-state index contributed by atoms with van der Waals surface area (Å²) in [5.41, 5.74) is 1.98. The van der Waals surface area contributed by atoms with Crippen molar-refractivity contribution in [3.8, 4) is 0 Å². The van der Waals surface area contributed by atoms with Gasteiger partial charge < -0.3 is 9.72 Å². The molecule has 1 aliphatic carbocycles. The summed E-state index contributed by atoms with van der Waals surface area (Å²) in [7, 11) is 0. The van der Waals surface area contributed by atoms with Gasteiger partial charge in [-0.05, 0) is 37.3 Å². The summed E-state index contributed by atoms with van der Waals surface area (Å²) >= 11 is 0. The van der Waals surface area contributed by atoms with E-state index in [1.54, 1.807) is 0 Å². The number of nitrogens with zero attached hydrogens (tertiary/aromatic N) is 3. The molecule has 0 aromatic carbocycles. The number of rotatable bonds is 2. The standard InChI is InChI=1S/C18H22N4O2/c1-12-6-7-15-19-14(10-21(15)9-12)11-22-16(23)18(20-17(22)24)8-4-3-5-13(18)2/h6-7,9-10,13H,3-5,8,11H2,1-2H3,(H,20,24)/t13-,18+/m0/s1. The van der Waals surface area contributed by atoms with Crippen LogP contribution in [0.1, 0.15) is 43.9 Å². The Labute approximate surface area is 140 Å². The van der Waals surface area contributed by atoms with E-state index in [1.807, 2.05) is 35.9 Å². The Bertz CT molecular complexity index is 828. The zero-order valence-corrected chi connectivity index (χ0v) is 14.1. The SMILES string of the molecule is Cc1ccc2nc(CN3C(=O)N[C@@]4(CCCC[C@@H]4C)C3=O)cn2c1. The van der Waals surface area contributed by atoms with Gasteiger partial charge in [0, 0.05) is 12.4 Å². The summed E-state index contributed by atoms with van der Waals surface area (Å²) < 4.78 is 1.93. The van der Waals surface area contributed by atoms with E-state index in [1.165, 1.54) is 4.90 Å². The molecule has 1 spiro atoms. The molecule has 6 heteroatoms. The molecule has 2 aromatic rings. The summed E-state index contributed by atoms with van der Waals surface area (Å²) in [4.78, 5) is 31.3. The Morgan fingerprint density at radius 3 is 2.92 bits per heavy atom. The number of amides is 3. The van der Waals surface area contributed by atoms with Gasteiger partial charge in [-0.1, -0.05) is 25.8 Å². The minimum Gasteiger partial charge on any atom is -0.323 e. The fourth-order valence-electron chi connectivity index (χ4n) is 4.03. The van der Waals surface area contributed by atoms with Gasteiger partial charge in [-0.3, -0.25) is 9.69 Å². The molecular weight excluding hydrogens is 304 g/mol. The molecule has 0 unspecified atom stereocenters. The fraction of sp³-hybridized carbons (Fsp3) is 0.500. The highest BCUT2D eigenvalue weighted by molar-refractivity contribution is 6.07. The number of aromatic nitrogens is 2. The summed E-state index contributed by atoms with van der Waals surface area (Å²) in [6.45, 7) is 4.30. The van der Waals surface area contributed by atoms with Gasteiger partial charge >= 0.3 is 6.03 Å². The van der Waals surface area contributed by atoms with E-state index in [0.29, 0.717) is 0 Å². The van der Waals surface area contributed by atoms with Crippen molar-refractivity contribution in [3.05, 3.63) is 35.8 Å². The van der Waals surface area contributed by atoms with Crippen molar-refractivity contribution in [3.63, 3.8) is 0 Å². The van der Waals surface area contributed by atoms with Crippen molar-refractivity contribution < 1.29 is 9.59 Å². The van der Waals surface area contributed by atoms with Crippen LogP contribution in [0.25, 0.3) is 5.65 Å². The highest BCUT2D eigenvalue weighted by Crippen LogP contribution is 2.38. The van der Waals surface area contributed by atoms with Crippen LogP contribution in [-0.4, -0.2) is 31.8 Å². The van der Waals surface area contributed by atoms with Crippen LogP contribution in [-0.2, 0) is 11.3 Å². The lowest BCUT2D eigenvalue weighted by Gasteiger charge is -2.36. The maximum absolute atomic E-state index is 13.0. The van der Waals surface area contributed by atoms with Crippen molar-refractivity contribution in [2.75, 3.05) is 0 Å². The number of aryl methyl sites for hydroxylation is 1. The second-order valence-corrected chi connectivity index (χ2v) is 7.14. The van der Waals surface area contributed by atoms with E-state index < -0.39 is 5.54 Å². The van der Waals surface area contributed by atoms with Crippen LogP contribution < -0.4 is 5.32 Å². The normalized spacial score (nSPS) is 27.2. The van der Waals surface area contributed by atoms with Gasteiger partial charge in [0.05, 0.1) is 12.2 Å². The Morgan fingerprint density at radius 2 is 2.12 bits per heavy atom. The number of carbonyl (C=O) groups excluding carboxylic acids is 2. The quantitative estimate of drug-likeness (QED) is 0.863. The minimum atomic E-state index is -0.703. The topological polar surface area (TPSA) is 66.7 Å². The van der Waals surface area contributed by atoms with Gasteiger partial charge in [-0.2, -0.15) is 0 Å². The Kier molecular flexibility index (Phi) is 3.37. The van der Waals surface area contributed by atoms with Gasteiger partial charge in [0.1, 0.15) is 11.2 Å². The van der Waals surface area contributed by atoms with Gasteiger partial charge in [-0.15, -0.1) is 0 Å². The van der Waals surface area contributed by atoms with Crippen LogP contribution in [0, 0.1) is 12.8 Å². The van der Waals surface area contributed by atoms with Crippen LogP contribution in [0.3, 0.4) is 0 Å². The highest BCUT2D eigenvalue weighted by Gasteiger charge is 2.54. The zero-order valence-electron chi connectivity index (χ0n) is 14.1. The number of hydrogen-bond acceptors (Lipinski definition) is 3. The first kappa shape index (κ1) is 15.2. The molecular formula is C18H22N4O2. The molecule has 0 radical (unpaired) electrons. The molecule has 2 fully saturated rings. The summed E-state index contributed by atoms with van der Waals surface area (Å²) in [5.74, 6) is 0.0874. The predicted molar refractivity (Wildman–Crippen MR) is 89.4 cm³/mol. The molecule has 126 valence electrons. The number of hydrogen-bond donors (Lipinski definition) is 1. The number of urea groups is 1. The van der Waals surface area contributed by atoms with Crippen molar-refractivity contribution >= 4 is 17.6 Å². The smallest absolute Gasteiger partial charge is 0.323 e. The molecule has 6 nitrogen and oxygen atoms in total. The van der Waals surface area contributed by atoms with Gasteiger partial charge in [0.15, 0.2) is 0 Å². The van der Waals surface area contributed by atoms with Gasteiger partial charge in [-0.25, -0.2) is 9.78 Å². The van der Waals surface area contributed by atoms with E-state index in [4.69, 9.17) is 0 Å². The zero-order chi connectivity index (χ0) is 16.9. The summed E-state index contributed by atoms with van der Waals surface area (Å²) in [6, 6.07) is 3.65. The van der Waals surface area contributed by atoms with E-state index in [9.17, 15) is 9.59 Å². The minimum absolute atomic E-state index is 0.0899. The third-order valence-corrected chi connectivity index (χ3v) is 5.47. The molecule has 0 bridgehead atoms. The van der Waals surface area contributed by atoms with Crippen LogP contribution >= 0.6 is 0 Å². The second-order valence-electron chi connectivity index (χ2n) is 7.14. The Hall–Kier alpha value is -2.37. The molecule has 24 heavy (non-hydrogen) atoms. The van der Waals surface area contributed by atoms with Crippen LogP contribution in [0.2, 0.25) is 0 Å². The maximum atomic E-state index is 13.0. The number of carbonyl (C=O) groups is 2. The molecule has 2 aromatic heterocycles. The number of nitrogens with one attached hydrogen (secondary N) is 1. The van der Waals surface area contributed by atoms with E-state index in [2.05, 4.69) is 17.2 Å². The first-order chi connectivity index (χ1) is 11.5. The molecule has 3 amide bonds. The molecule has 1 N–H and O–H groups in total. The van der Waals surface area contributed by atoms with Crippen LogP contribution in [0.15, 0.2) is 24.5 Å². The average molecular weight is 326 g/mol. The number of imide groups is 1. The van der Waals surface area contributed by atoms with Crippen molar-refractivity contribution in [1.29, 1.82) is 0 Å². The van der Waals surface area contributed by atoms with E-state index in [0.717, 1.165) is 42.6 Å². The lowest BCUT2D eigenvalue weighted by Crippen LogP contribution is -2.53. The molecule has 1 aliphatic heterocycles. The van der Waals surface area contributed by atoms with Crippen molar-refractivity contribution in [2.45, 2.75) is 51.6 Å². The fourth-order valence-corrected chi connectivity index (χ4v) is 4.03.